The summed E-state index contributed by atoms with van der Waals surface area (Å²) in [6.45, 7) is 1.68. The fourth-order valence-electron chi connectivity index (χ4n) is 1.01. The smallest absolute Gasteiger partial charge is 0.318 e. The lowest BCUT2D eigenvalue weighted by Gasteiger charge is -2.10. The van der Waals surface area contributed by atoms with E-state index in [0.29, 0.717) is 10.6 Å². The normalized spacial score (nSPS) is 12.2. The number of halogens is 1. The molecule has 0 aliphatic carbocycles. The Kier molecular flexibility index (Phi) is 3.96. The Bertz CT molecular complexity index is 370. The monoisotopic (exact) mass is 229 g/mol. The van der Waals surface area contributed by atoms with Gasteiger partial charge in [0.15, 0.2) is 0 Å². The average Bonchev–Trinajstić information content (AvgIpc) is 2.22. The number of benzene rings is 1. The van der Waals surface area contributed by atoms with Crippen molar-refractivity contribution in [1.29, 1.82) is 0 Å². The second-order valence-corrected chi connectivity index (χ2v) is 4.35. The largest absolute Gasteiger partial charge is 0.468 e. The molecule has 82 valence electrons. The summed E-state index contributed by atoms with van der Waals surface area (Å²) in [6, 6.07) is 4.06. The highest BCUT2D eigenvalue weighted by Gasteiger charge is 2.16. The van der Waals surface area contributed by atoms with Crippen molar-refractivity contribution in [3.63, 3.8) is 0 Å². The third-order valence-electron chi connectivity index (χ3n) is 1.81. The molecule has 0 fully saturated rings. The number of hydrogen-bond acceptors (Lipinski definition) is 4. The first-order chi connectivity index (χ1) is 7.04. The summed E-state index contributed by atoms with van der Waals surface area (Å²) in [5, 5.41) is -0.404. The Labute approximate surface area is 91.8 Å². The van der Waals surface area contributed by atoms with Gasteiger partial charge >= 0.3 is 5.97 Å². The molecule has 0 spiro atoms. The first-order valence-corrected chi connectivity index (χ1v) is 5.22. The van der Waals surface area contributed by atoms with Gasteiger partial charge in [0.2, 0.25) is 0 Å². The van der Waals surface area contributed by atoms with E-state index in [1.54, 1.807) is 6.92 Å². The second-order valence-electron chi connectivity index (χ2n) is 2.97. The van der Waals surface area contributed by atoms with Crippen molar-refractivity contribution >= 4 is 23.4 Å². The Morgan fingerprint density at radius 3 is 2.87 bits per heavy atom. The van der Waals surface area contributed by atoms with Crippen LogP contribution in [0.4, 0.5) is 10.1 Å². The molecule has 1 aromatic carbocycles. The number of ether oxygens (including phenoxy) is 1. The fraction of sp³-hybridized carbons (Fsp3) is 0.300. The van der Waals surface area contributed by atoms with Gasteiger partial charge in [-0.3, -0.25) is 4.79 Å². The molecule has 0 aliphatic heterocycles. The zero-order valence-corrected chi connectivity index (χ0v) is 9.31. The molecule has 0 saturated carbocycles. The minimum absolute atomic E-state index is 0.358. The lowest BCUT2D eigenvalue weighted by Crippen LogP contribution is -2.14. The van der Waals surface area contributed by atoms with E-state index in [-0.39, 0.29) is 11.8 Å². The standard InChI is InChI=1S/C10H12FNO2S/c1-6(10(13)14-2)15-9-5-7(11)3-4-8(9)12/h3-6H,12H2,1-2H3. The molecule has 0 heterocycles. The van der Waals surface area contributed by atoms with Crippen LogP contribution in [0.3, 0.4) is 0 Å². The van der Waals surface area contributed by atoms with Crippen LogP contribution in [0.15, 0.2) is 23.1 Å². The molecule has 1 unspecified atom stereocenters. The number of hydrogen-bond donors (Lipinski definition) is 1. The molecule has 1 rings (SSSR count). The number of carbonyl (C=O) groups excluding carboxylic acids is 1. The maximum Gasteiger partial charge on any atom is 0.318 e. The Morgan fingerprint density at radius 1 is 1.60 bits per heavy atom. The van der Waals surface area contributed by atoms with Gasteiger partial charge < -0.3 is 10.5 Å². The van der Waals surface area contributed by atoms with Crippen LogP contribution < -0.4 is 5.73 Å². The third kappa shape index (κ3) is 3.13. The zero-order valence-electron chi connectivity index (χ0n) is 8.49. The summed E-state index contributed by atoms with van der Waals surface area (Å²) in [6.07, 6.45) is 0. The van der Waals surface area contributed by atoms with Crippen LogP contribution in [-0.2, 0) is 9.53 Å². The number of methoxy groups -OCH3 is 1. The third-order valence-corrected chi connectivity index (χ3v) is 2.97. The minimum atomic E-state index is -0.404. The van der Waals surface area contributed by atoms with Gasteiger partial charge in [-0.1, -0.05) is 0 Å². The van der Waals surface area contributed by atoms with E-state index in [4.69, 9.17) is 5.73 Å². The van der Waals surface area contributed by atoms with Crippen molar-refractivity contribution < 1.29 is 13.9 Å². The van der Waals surface area contributed by atoms with Crippen molar-refractivity contribution in [2.24, 2.45) is 0 Å². The van der Waals surface area contributed by atoms with Gasteiger partial charge in [0, 0.05) is 10.6 Å². The molecule has 0 aliphatic rings. The van der Waals surface area contributed by atoms with Crippen LogP contribution in [0.2, 0.25) is 0 Å². The molecule has 0 radical (unpaired) electrons. The van der Waals surface area contributed by atoms with E-state index >= 15 is 0 Å². The molecular weight excluding hydrogens is 217 g/mol. The molecule has 0 saturated heterocycles. The number of carbonyl (C=O) groups is 1. The highest BCUT2D eigenvalue weighted by molar-refractivity contribution is 8.00. The molecule has 0 amide bonds. The van der Waals surface area contributed by atoms with E-state index in [1.165, 1.54) is 37.1 Å². The molecule has 1 atom stereocenters. The van der Waals surface area contributed by atoms with E-state index in [1.807, 2.05) is 0 Å². The Hall–Kier alpha value is -1.23. The lowest BCUT2D eigenvalue weighted by atomic mass is 10.3. The summed E-state index contributed by atoms with van der Waals surface area (Å²) in [4.78, 5) is 11.7. The molecule has 15 heavy (non-hydrogen) atoms. The maximum absolute atomic E-state index is 12.9. The fourth-order valence-corrected chi connectivity index (χ4v) is 1.97. The Balaban J connectivity index is 2.80. The molecule has 0 aromatic heterocycles. The minimum Gasteiger partial charge on any atom is -0.468 e. The number of anilines is 1. The first-order valence-electron chi connectivity index (χ1n) is 4.34. The van der Waals surface area contributed by atoms with E-state index in [2.05, 4.69) is 4.74 Å². The van der Waals surface area contributed by atoms with Crippen LogP contribution in [0.5, 0.6) is 0 Å². The zero-order chi connectivity index (χ0) is 11.4. The number of nitrogen functional groups attached to an aromatic ring is 1. The predicted molar refractivity (Wildman–Crippen MR) is 58.1 cm³/mol. The highest BCUT2D eigenvalue weighted by Crippen LogP contribution is 2.29. The number of rotatable bonds is 3. The van der Waals surface area contributed by atoms with Crippen LogP contribution >= 0.6 is 11.8 Å². The van der Waals surface area contributed by atoms with Crippen LogP contribution in [0.1, 0.15) is 6.92 Å². The SMILES string of the molecule is COC(=O)C(C)Sc1cc(F)ccc1N. The predicted octanol–water partition coefficient (Wildman–Crippen LogP) is 2.06. The van der Waals surface area contributed by atoms with Gasteiger partial charge in [-0.25, -0.2) is 4.39 Å². The van der Waals surface area contributed by atoms with Crippen molar-refractivity contribution in [3.8, 4) is 0 Å². The Morgan fingerprint density at radius 2 is 2.27 bits per heavy atom. The summed E-state index contributed by atoms with van der Waals surface area (Å²) in [7, 11) is 1.31. The summed E-state index contributed by atoms with van der Waals surface area (Å²) < 4.78 is 17.5. The average molecular weight is 229 g/mol. The van der Waals surface area contributed by atoms with Crippen molar-refractivity contribution in [1.82, 2.24) is 0 Å². The molecule has 1 aromatic rings. The topological polar surface area (TPSA) is 52.3 Å². The van der Waals surface area contributed by atoms with Gasteiger partial charge in [0.1, 0.15) is 11.1 Å². The summed E-state index contributed by atoms with van der Waals surface area (Å²) >= 11 is 1.18. The van der Waals surface area contributed by atoms with Crippen molar-refractivity contribution in [2.75, 3.05) is 12.8 Å². The van der Waals surface area contributed by atoms with Gasteiger partial charge in [-0.05, 0) is 25.1 Å². The van der Waals surface area contributed by atoms with E-state index in [9.17, 15) is 9.18 Å². The molecule has 0 bridgehead atoms. The van der Waals surface area contributed by atoms with Crippen LogP contribution in [0.25, 0.3) is 0 Å². The summed E-state index contributed by atoms with van der Waals surface area (Å²) in [5.41, 5.74) is 6.10. The lowest BCUT2D eigenvalue weighted by molar-refractivity contribution is -0.139. The molecule has 2 N–H and O–H groups in total. The van der Waals surface area contributed by atoms with Gasteiger partial charge in [0.05, 0.1) is 7.11 Å². The van der Waals surface area contributed by atoms with E-state index < -0.39 is 5.25 Å². The number of thioether (sulfide) groups is 1. The van der Waals surface area contributed by atoms with Gasteiger partial charge in [-0.15, -0.1) is 11.8 Å². The first kappa shape index (κ1) is 11.8. The van der Waals surface area contributed by atoms with Crippen LogP contribution in [0, 0.1) is 5.82 Å². The quantitative estimate of drug-likeness (QED) is 0.489. The molecular formula is C10H12FNO2S. The van der Waals surface area contributed by atoms with Crippen molar-refractivity contribution in [3.05, 3.63) is 24.0 Å². The van der Waals surface area contributed by atoms with Crippen LogP contribution in [-0.4, -0.2) is 18.3 Å². The van der Waals surface area contributed by atoms with Gasteiger partial charge in [-0.2, -0.15) is 0 Å². The number of esters is 1. The van der Waals surface area contributed by atoms with E-state index in [0.717, 1.165) is 0 Å². The number of nitrogens with two attached hydrogens (primary N) is 1. The molecule has 5 heteroatoms. The second kappa shape index (κ2) is 5.02. The highest BCUT2D eigenvalue weighted by atomic mass is 32.2. The van der Waals surface area contributed by atoms with Crippen molar-refractivity contribution in [2.45, 2.75) is 17.1 Å². The van der Waals surface area contributed by atoms with Gasteiger partial charge in [0.25, 0.3) is 0 Å². The maximum atomic E-state index is 12.9. The molecule has 3 nitrogen and oxygen atoms in total. The summed E-state index contributed by atoms with van der Waals surface area (Å²) in [5.74, 6) is -0.729.